The molecule has 3 rings (SSSR count). The molecule has 0 amide bonds. The maximum absolute atomic E-state index is 12.7. The molecule has 5 heteroatoms. The number of carbonyl (C=O) groups excluding carboxylic acids is 1. The summed E-state index contributed by atoms with van der Waals surface area (Å²) in [5, 5.41) is 8.42. The highest BCUT2D eigenvalue weighted by Gasteiger charge is 2.25. The minimum atomic E-state index is -0.357. The average molecular weight is 346 g/mol. The molecule has 132 valence electrons. The summed E-state index contributed by atoms with van der Waals surface area (Å²) in [5.41, 5.74) is 3.61. The first-order valence-electron chi connectivity index (χ1n) is 8.81. The lowest BCUT2D eigenvalue weighted by Crippen LogP contribution is -2.22. The number of pyridine rings is 1. The predicted molar refractivity (Wildman–Crippen MR) is 103 cm³/mol. The second-order valence-corrected chi connectivity index (χ2v) is 6.17. The molecule has 1 aromatic carbocycles. The van der Waals surface area contributed by atoms with Crippen LogP contribution in [0, 0.1) is 5.41 Å². The van der Waals surface area contributed by atoms with E-state index in [0.29, 0.717) is 17.8 Å². The van der Waals surface area contributed by atoms with Gasteiger partial charge in [0.2, 0.25) is 5.78 Å². The van der Waals surface area contributed by atoms with Gasteiger partial charge in [0, 0.05) is 23.5 Å². The Balaban J connectivity index is 1.82. The number of carbonyl (C=O) groups is 1. The average Bonchev–Trinajstić information content (AvgIpc) is 3.18. The minimum Gasteiger partial charge on any atom is -0.341 e. The number of H-pyrrole nitrogens is 1. The highest BCUT2D eigenvalue weighted by Crippen LogP contribution is 2.24. The summed E-state index contributed by atoms with van der Waals surface area (Å²) in [7, 11) is 0. The largest absolute Gasteiger partial charge is 0.341 e. The number of aryl methyl sites for hydroxylation is 1. The number of nitrogens with one attached hydrogen (secondary N) is 2. The van der Waals surface area contributed by atoms with E-state index in [1.165, 1.54) is 5.56 Å². The molecule has 1 atom stereocenters. The number of Topliss-reactive ketones (excluding diaryl/α,β-unsaturated/α-hetero) is 1. The number of ketones is 1. The Bertz CT molecular complexity index is 897. The molecule has 0 radical (unpaired) electrons. The lowest BCUT2D eigenvalue weighted by atomic mass is 9.92. The van der Waals surface area contributed by atoms with Crippen molar-refractivity contribution in [3.05, 3.63) is 71.9 Å². The fourth-order valence-corrected chi connectivity index (χ4v) is 2.93. The van der Waals surface area contributed by atoms with Crippen molar-refractivity contribution in [1.82, 2.24) is 15.0 Å². The first-order chi connectivity index (χ1) is 12.6. The molecule has 0 saturated carbocycles. The van der Waals surface area contributed by atoms with E-state index in [4.69, 9.17) is 5.41 Å². The van der Waals surface area contributed by atoms with Gasteiger partial charge in [0.15, 0.2) is 0 Å². The summed E-state index contributed by atoms with van der Waals surface area (Å²) in [6, 6.07) is 11.3. The quantitative estimate of drug-likeness (QED) is 0.490. The SMILES string of the molecule is CCc1ccc(C(=O)C(=N)C(CC)c2ncc(-c3ccncc3)[nH]2)cc1. The number of nitrogens with zero attached hydrogens (tertiary/aromatic N) is 2. The van der Waals surface area contributed by atoms with Crippen molar-refractivity contribution in [2.24, 2.45) is 0 Å². The van der Waals surface area contributed by atoms with Crippen LogP contribution in [0.3, 0.4) is 0 Å². The van der Waals surface area contributed by atoms with E-state index in [1.54, 1.807) is 30.7 Å². The third kappa shape index (κ3) is 3.61. The van der Waals surface area contributed by atoms with E-state index in [2.05, 4.69) is 21.9 Å². The second-order valence-electron chi connectivity index (χ2n) is 6.17. The number of aromatic nitrogens is 3. The molecule has 0 aliphatic heterocycles. The predicted octanol–water partition coefficient (Wildman–Crippen LogP) is 4.43. The molecule has 0 saturated heterocycles. The Hall–Kier alpha value is -3.08. The number of hydrogen-bond acceptors (Lipinski definition) is 4. The highest BCUT2D eigenvalue weighted by atomic mass is 16.1. The van der Waals surface area contributed by atoms with E-state index < -0.39 is 0 Å². The molecule has 0 aliphatic carbocycles. The van der Waals surface area contributed by atoms with Crippen molar-refractivity contribution < 1.29 is 4.79 Å². The second kappa shape index (κ2) is 7.87. The van der Waals surface area contributed by atoms with Gasteiger partial charge >= 0.3 is 0 Å². The molecule has 5 nitrogen and oxygen atoms in total. The molecule has 0 bridgehead atoms. The van der Waals surface area contributed by atoms with Crippen LogP contribution in [0.4, 0.5) is 0 Å². The standard InChI is InChI=1S/C21H22N4O/c1-3-14-5-7-16(8-6-14)20(26)19(22)17(4-2)21-24-13-18(25-21)15-9-11-23-12-10-15/h5-13,17,22H,3-4H2,1-2H3,(H,24,25). The molecule has 0 fully saturated rings. The fraction of sp³-hybridized carbons (Fsp3) is 0.238. The zero-order chi connectivity index (χ0) is 18.5. The maximum Gasteiger partial charge on any atom is 0.207 e. The molecule has 1 unspecified atom stereocenters. The highest BCUT2D eigenvalue weighted by molar-refractivity contribution is 6.46. The van der Waals surface area contributed by atoms with Gasteiger partial charge in [0.1, 0.15) is 5.82 Å². The van der Waals surface area contributed by atoms with Crippen molar-refractivity contribution in [3.63, 3.8) is 0 Å². The summed E-state index contributed by atoms with van der Waals surface area (Å²) in [5.74, 6) is 0.0353. The van der Waals surface area contributed by atoms with Crippen LogP contribution in [0.15, 0.2) is 55.0 Å². The lowest BCUT2D eigenvalue weighted by molar-refractivity contribution is 0.106. The Morgan fingerprint density at radius 1 is 1.12 bits per heavy atom. The molecule has 26 heavy (non-hydrogen) atoms. The zero-order valence-electron chi connectivity index (χ0n) is 15.0. The van der Waals surface area contributed by atoms with Crippen LogP contribution in [0.5, 0.6) is 0 Å². The van der Waals surface area contributed by atoms with Gasteiger partial charge in [-0.1, -0.05) is 38.1 Å². The smallest absolute Gasteiger partial charge is 0.207 e. The van der Waals surface area contributed by atoms with E-state index in [9.17, 15) is 4.79 Å². The zero-order valence-corrected chi connectivity index (χ0v) is 15.0. The van der Waals surface area contributed by atoms with Crippen molar-refractivity contribution >= 4 is 11.5 Å². The van der Waals surface area contributed by atoms with E-state index in [1.807, 2.05) is 31.2 Å². The van der Waals surface area contributed by atoms with Gasteiger partial charge < -0.3 is 10.4 Å². The van der Waals surface area contributed by atoms with Crippen LogP contribution in [0.1, 0.15) is 47.9 Å². The number of hydrogen-bond donors (Lipinski definition) is 2. The molecule has 2 aromatic heterocycles. The van der Waals surface area contributed by atoms with E-state index in [-0.39, 0.29) is 17.4 Å². The van der Waals surface area contributed by atoms with Crippen LogP contribution in [0.2, 0.25) is 0 Å². The summed E-state index contributed by atoms with van der Waals surface area (Å²) in [4.78, 5) is 24.4. The Morgan fingerprint density at radius 2 is 1.81 bits per heavy atom. The van der Waals surface area contributed by atoms with Crippen LogP contribution in [0.25, 0.3) is 11.3 Å². The van der Waals surface area contributed by atoms with Crippen LogP contribution in [-0.4, -0.2) is 26.4 Å². The van der Waals surface area contributed by atoms with Gasteiger partial charge in [0.05, 0.1) is 23.5 Å². The number of imidazole rings is 1. The van der Waals surface area contributed by atoms with Crippen LogP contribution < -0.4 is 0 Å². The number of aromatic amines is 1. The first-order valence-corrected chi connectivity index (χ1v) is 8.81. The molecule has 2 heterocycles. The van der Waals surface area contributed by atoms with Gasteiger partial charge in [-0.3, -0.25) is 9.78 Å². The van der Waals surface area contributed by atoms with Gasteiger partial charge in [-0.2, -0.15) is 0 Å². The topological polar surface area (TPSA) is 82.5 Å². The molecule has 2 N–H and O–H groups in total. The van der Waals surface area contributed by atoms with Crippen molar-refractivity contribution in [3.8, 4) is 11.3 Å². The van der Waals surface area contributed by atoms with Crippen LogP contribution >= 0.6 is 0 Å². The van der Waals surface area contributed by atoms with E-state index >= 15 is 0 Å². The molecular weight excluding hydrogens is 324 g/mol. The number of benzene rings is 1. The summed E-state index contributed by atoms with van der Waals surface area (Å²) in [6.07, 6.45) is 6.73. The number of rotatable bonds is 7. The third-order valence-electron chi connectivity index (χ3n) is 4.54. The third-order valence-corrected chi connectivity index (χ3v) is 4.54. The summed E-state index contributed by atoms with van der Waals surface area (Å²) >= 11 is 0. The van der Waals surface area contributed by atoms with Gasteiger partial charge in [-0.25, -0.2) is 4.98 Å². The lowest BCUT2D eigenvalue weighted by Gasteiger charge is -2.13. The molecule has 0 aliphatic rings. The Morgan fingerprint density at radius 3 is 2.42 bits per heavy atom. The van der Waals surface area contributed by atoms with Crippen LogP contribution in [-0.2, 0) is 6.42 Å². The normalized spacial score (nSPS) is 11.9. The maximum atomic E-state index is 12.7. The van der Waals surface area contributed by atoms with Gasteiger partial charge in [-0.05, 0) is 30.5 Å². The summed E-state index contributed by atoms with van der Waals surface area (Å²) < 4.78 is 0. The molecule has 0 spiro atoms. The van der Waals surface area contributed by atoms with Gasteiger partial charge in [0.25, 0.3) is 0 Å². The van der Waals surface area contributed by atoms with Crippen molar-refractivity contribution in [2.75, 3.05) is 0 Å². The van der Waals surface area contributed by atoms with Crippen molar-refractivity contribution in [1.29, 1.82) is 5.41 Å². The minimum absolute atomic E-state index is 0.0624. The summed E-state index contributed by atoms with van der Waals surface area (Å²) in [6.45, 7) is 4.03. The first kappa shape index (κ1) is 17.7. The molecular formula is C21H22N4O. The molecule has 3 aromatic rings. The fourth-order valence-electron chi connectivity index (χ4n) is 2.93. The van der Waals surface area contributed by atoms with Gasteiger partial charge in [-0.15, -0.1) is 0 Å². The van der Waals surface area contributed by atoms with Crippen molar-refractivity contribution in [2.45, 2.75) is 32.6 Å². The Kier molecular flexibility index (Phi) is 5.37. The Labute approximate surface area is 153 Å². The monoisotopic (exact) mass is 346 g/mol. The van der Waals surface area contributed by atoms with E-state index in [0.717, 1.165) is 17.7 Å².